The minimum atomic E-state index is 0.805. The van der Waals surface area contributed by atoms with Gasteiger partial charge in [0.2, 0.25) is 0 Å². The Kier molecular flexibility index (Phi) is 4.95. The zero-order valence-electron chi connectivity index (χ0n) is 12.0. The molecule has 1 aromatic carbocycles. The van der Waals surface area contributed by atoms with Gasteiger partial charge >= 0.3 is 0 Å². The molecule has 0 saturated heterocycles. The van der Waals surface area contributed by atoms with Crippen LogP contribution in [0.5, 0.6) is 0 Å². The first-order chi connectivity index (χ1) is 10.3. The summed E-state index contributed by atoms with van der Waals surface area (Å²) in [6.45, 7) is 3.99. The standard InChI is InChI=1S/C16H18N2OS2/c1-2-9-17-10-12-7-8-13(19-12)11-20-16-18-14-5-3-4-6-15(14)21-16/h3-8,17H,2,9-11H2,1H3. The van der Waals surface area contributed by atoms with Crippen LogP contribution in [0.1, 0.15) is 24.9 Å². The van der Waals surface area contributed by atoms with Gasteiger partial charge in [-0.1, -0.05) is 30.8 Å². The Morgan fingerprint density at radius 2 is 2.05 bits per heavy atom. The van der Waals surface area contributed by atoms with Crippen LogP contribution in [0.15, 0.2) is 45.2 Å². The molecular formula is C16H18N2OS2. The zero-order valence-corrected chi connectivity index (χ0v) is 13.6. The van der Waals surface area contributed by atoms with Crippen LogP contribution in [0.2, 0.25) is 0 Å². The van der Waals surface area contributed by atoms with Crippen molar-refractivity contribution in [2.24, 2.45) is 0 Å². The van der Waals surface area contributed by atoms with Gasteiger partial charge in [-0.15, -0.1) is 11.3 Å². The lowest BCUT2D eigenvalue weighted by molar-refractivity contribution is 0.459. The lowest BCUT2D eigenvalue weighted by Gasteiger charge is -1.99. The van der Waals surface area contributed by atoms with E-state index in [1.54, 1.807) is 23.1 Å². The van der Waals surface area contributed by atoms with Crippen LogP contribution in [0, 0.1) is 0 Å². The van der Waals surface area contributed by atoms with E-state index in [1.807, 2.05) is 6.07 Å². The monoisotopic (exact) mass is 318 g/mol. The minimum Gasteiger partial charge on any atom is -0.464 e. The van der Waals surface area contributed by atoms with Crippen LogP contribution in [0.25, 0.3) is 10.2 Å². The van der Waals surface area contributed by atoms with E-state index in [0.717, 1.165) is 46.6 Å². The lowest BCUT2D eigenvalue weighted by Crippen LogP contribution is -2.12. The normalized spacial score (nSPS) is 11.3. The largest absolute Gasteiger partial charge is 0.464 e. The molecule has 2 heterocycles. The van der Waals surface area contributed by atoms with Crippen molar-refractivity contribution in [3.63, 3.8) is 0 Å². The van der Waals surface area contributed by atoms with Gasteiger partial charge in [-0.3, -0.25) is 0 Å². The average molecular weight is 318 g/mol. The Morgan fingerprint density at radius 3 is 2.90 bits per heavy atom. The number of nitrogens with one attached hydrogen (secondary N) is 1. The highest BCUT2D eigenvalue weighted by Crippen LogP contribution is 2.31. The van der Waals surface area contributed by atoms with Crippen LogP contribution in [-0.2, 0) is 12.3 Å². The van der Waals surface area contributed by atoms with E-state index in [9.17, 15) is 0 Å². The molecule has 0 radical (unpaired) electrons. The van der Waals surface area contributed by atoms with Crippen molar-refractivity contribution < 1.29 is 4.42 Å². The highest BCUT2D eigenvalue weighted by Gasteiger charge is 2.06. The van der Waals surface area contributed by atoms with Crippen molar-refractivity contribution >= 4 is 33.3 Å². The van der Waals surface area contributed by atoms with E-state index in [2.05, 4.69) is 47.6 Å². The molecule has 110 valence electrons. The molecule has 2 aromatic heterocycles. The maximum atomic E-state index is 5.82. The van der Waals surface area contributed by atoms with Crippen molar-refractivity contribution in [3.05, 3.63) is 47.9 Å². The summed E-state index contributed by atoms with van der Waals surface area (Å²) in [5.74, 6) is 2.84. The molecular weight excluding hydrogens is 300 g/mol. The van der Waals surface area contributed by atoms with E-state index in [1.165, 1.54) is 4.70 Å². The number of para-hydroxylation sites is 1. The summed E-state index contributed by atoms with van der Waals surface area (Å²) in [6, 6.07) is 12.4. The third-order valence-electron chi connectivity index (χ3n) is 3.06. The van der Waals surface area contributed by atoms with E-state index < -0.39 is 0 Å². The van der Waals surface area contributed by atoms with Crippen molar-refractivity contribution in [3.8, 4) is 0 Å². The molecule has 0 atom stereocenters. The van der Waals surface area contributed by atoms with Crippen molar-refractivity contribution in [1.82, 2.24) is 10.3 Å². The molecule has 0 saturated carbocycles. The molecule has 0 spiro atoms. The summed E-state index contributed by atoms with van der Waals surface area (Å²) < 4.78 is 8.15. The van der Waals surface area contributed by atoms with E-state index in [4.69, 9.17) is 4.42 Å². The number of thioether (sulfide) groups is 1. The molecule has 0 bridgehead atoms. The Hall–Kier alpha value is -1.30. The van der Waals surface area contributed by atoms with Gasteiger partial charge in [-0.25, -0.2) is 4.98 Å². The van der Waals surface area contributed by atoms with Gasteiger partial charge in [-0.05, 0) is 37.2 Å². The quantitative estimate of drug-likeness (QED) is 0.507. The Labute approximate surface area is 132 Å². The third kappa shape index (κ3) is 3.87. The molecule has 3 aromatic rings. The fraction of sp³-hybridized carbons (Fsp3) is 0.312. The van der Waals surface area contributed by atoms with E-state index >= 15 is 0 Å². The number of rotatable bonds is 7. The van der Waals surface area contributed by atoms with Crippen LogP contribution in [-0.4, -0.2) is 11.5 Å². The molecule has 0 amide bonds. The van der Waals surface area contributed by atoms with Gasteiger partial charge < -0.3 is 9.73 Å². The molecule has 0 aliphatic carbocycles. The third-order valence-corrected chi connectivity index (χ3v) is 5.26. The second kappa shape index (κ2) is 7.11. The summed E-state index contributed by atoms with van der Waals surface area (Å²) in [5, 5.41) is 3.35. The first-order valence-electron chi connectivity index (χ1n) is 7.12. The summed E-state index contributed by atoms with van der Waals surface area (Å²) in [4.78, 5) is 4.62. The highest BCUT2D eigenvalue weighted by atomic mass is 32.2. The van der Waals surface area contributed by atoms with Crippen LogP contribution >= 0.6 is 23.1 Å². The van der Waals surface area contributed by atoms with Gasteiger partial charge in [-0.2, -0.15) is 0 Å². The molecule has 1 N–H and O–H groups in total. The van der Waals surface area contributed by atoms with Crippen LogP contribution < -0.4 is 5.32 Å². The Morgan fingerprint density at radius 1 is 1.19 bits per heavy atom. The molecule has 3 rings (SSSR count). The van der Waals surface area contributed by atoms with Crippen molar-refractivity contribution in [2.45, 2.75) is 30.0 Å². The zero-order chi connectivity index (χ0) is 14.5. The average Bonchev–Trinajstić information content (AvgIpc) is 3.11. The molecule has 21 heavy (non-hydrogen) atoms. The summed E-state index contributed by atoms with van der Waals surface area (Å²) in [5.41, 5.74) is 1.08. The number of thiazole rings is 1. The first-order valence-corrected chi connectivity index (χ1v) is 8.92. The fourth-order valence-corrected chi connectivity index (χ4v) is 3.99. The van der Waals surface area contributed by atoms with Crippen molar-refractivity contribution in [2.75, 3.05) is 6.54 Å². The van der Waals surface area contributed by atoms with Crippen LogP contribution in [0.4, 0.5) is 0 Å². The van der Waals surface area contributed by atoms with E-state index in [-0.39, 0.29) is 0 Å². The number of nitrogens with zero attached hydrogens (tertiary/aromatic N) is 1. The smallest absolute Gasteiger partial charge is 0.151 e. The van der Waals surface area contributed by atoms with Crippen molar-refractivity contribution in [1.29, 1.82) is 0 Å². The summed E-state index contributed by atoms with van der Waals surface area (Å²) >= 11 is 3.47. The predicted molar refractivity (Wildman–Crippen MR) is 89.9 cm³/mol. The second-order valence-electron chi connectivity index (χ2n) is 4.78. The predicted octanol–water partition coefficient (Wildman–Crippen LogP) is 4.68. The summed E-state index contributed by atoms with van der Waals surface area (Å²) in [6.07, 6.45) is 1.14. The SMILES string of the molecule is CCCNCc1ccc(CSc2nc3ccccc3s2)o1. The van der Waals surface area contributed by atoms with Crippen LogP contribution in [0.3, 0.4) is 0 Å². The topological polar surface area (TPSA) is 38.1 Å². The molecule has 0 unspecified atom stereocenters. The Bertz CT molecular complexity index is 672. The van der Waals surface area contributed by atoms with Gasteiger partial charge in [0.05, 0.1) is 22.5 Å². The molecule has 5 heteroatoms. The lowest BCUT2D eigenvalue weighted by atomic mass is 10.3. The second-order valence-corrected chi connectivity index (χ2v) is 7.03. The maximum absolute atomic E-state index is 5.82. The highest BCUT2D eigenvalue weighted by molar-refractivity contribution is 8.00. The first kappa shape index (κ1) is 14.6. The number of hydrogen-bond acceptors (Lipinski definition) is 5. The maximum Gasteiger partial charge on any atom is 0.151 e. The van der Waals surface area contributed by atoms with Gasteiger partial charge in [0, 0.05) is 0 Å². The number of benzene rings is 1. The number of furan rings is 1. The Balaban J connectivity index is 1.57. The number of fused-ring (bicyclic) bond motifs is 1. The van der Waals surface area contributed by atoms with Gasteiger partial charge in [0.1, 0.15) is 11.5 Å². The van der Waals surface area contributed by atoms with Gasteiger partial charge in [0.25, 0.3) is 0 Å². The fourth-order valence-electron chi connectivity index (χ4n) is 2.03. The molecule has 0 aliphatic heterocycles. The van der Waals surface area contributed by atoms with E-state index in [0.29, 0.717) is 0 Å². The number of aromatic nitrogens is 1. The minimum absolute atomic E-state index is 0.805. The van der Waals surface area contributed by atoms with Gasteiger partial charge in [0.15, 0.2) is 4.34 Å². The molecule has 3 nitrogen and oxygen atoms in total. The molecule has 0 aliphatic rings. The number of hydrogen-bond donors (Lipinski definition) is 1. The summed E-state index contributed by atoms with van der Waals surface area (Å²) in [7, 11) is 0. The molecule has 0 fully saturated rings.